The van der Waals surface area contributed by atoms with Gasteiger partial charge >= 0.3 is 0 Å². The molecule has 1 aliphatic rings. The van der Waals surface area contributed by atoms with Gasteiger partial charge in [-0.1, -0.05) is 0 Å². The number of aliphatic hydroxyl groups excluding tert-OH is 1. The van der Waals surface area contributed by atoms with Crippen molar-refractivity contribution in [1.29, 1.82) is 0 Å². The lowest BCUT2D eigenvalue weighted by Crippen LogP contribution is -2.40. The number of rotatable bonds is 3. The van der Waals surface area contributed by atoms with Crippen molar-refractivity contribution in [2.75, 3.05) is 20.7 Å². The Labute approximate surface area is 73.4 Å². The molecule has 1 amide bonds. The predicted molar refractivity (Wildman–Crippen MR) is 46.6 cm³/mol. The Hall–Kier alpha value is -0.570. The van der Waals surface area contributed by atoms with Crippen LogP contribution in [0.3, 0.4) is 0 Å². The van der Waals surface area contributed by atoms with Gasteiger partial charge in [0, 0.05) is 26.6 Å². The highest BCUT2D eigenvalue weighted by molar-refractivity contribution is 5.79. The monoisotopic (exact) mass is 171 g/mol. The molecule has 1 rings (SSSR count). The first-order valence-electron chi connectivity index (χ1n) is 4.49. The Morgan fingerprint density at radius 2 is 2.17 bits per heavy atom. The fourth-order valence-electron chi connectivity index (χ4n) is 1.74. The standard InChI is InChI=1S/C9H17NO2/c1-10(2)9(12)8-4-3-7(8)5-6-11/h7-8,11H,3-6H2,1-2H3. The fourth-order valence-corrected chi connectivity index (χ4v) is 1.74. The molecule has 70 valence electrons. The van der Waals surface area contributed by atoms with E-state index < -0.39 is 0 Å². The van der Waals surface area contributed by atoms with Crippen molar-refractivity contribution in [2.45, 2.75) is 19.3 Å². The quantitative estimate of drug-likeness (QED) is 0.671. The number of carbonyl (C=O) groups is 1. The maximum absolute atomic E-state index is 11.5. The summed E-state index contributed by atoms with van der Waals surface area (Å²) >= 11 is 0. The van der Waals surface area contributed by atoms with Gasteiger partial charge in [0.25, 0.3) is 0 Å². The van der Waals surface area contributed by atoms with Crippen LogP contribution < -0.4 is 0 Å². The third-order valence-electron chi connectivity index (χ3n) is 2.68. The van der Waals surface area contributed by atoms with Crippen molar-refractivity contribution in [3.63, 3.8) is 0 Å². The minimum Gasteiger partial charge on any atom is -0.396 e. The smallest absolute Gasteiger partial charge is 0.225 e. The molecule has 0 saturated heterocycles. The van der Waals surface area contributed by atoms with E-state index in [1.807, 2.05) is 0 Å². The molecule has 1 saturated carbocycles. The van der Waals surface area contributed by atoms with E-state index in [4.69, 9.17) is 5.11 Å². The average Bonchev–Trinajstić information content (AvgIpc) is 1.98. The zero-order valence-electron chi connectivity index (χ0n) is 7.79. The molecular weight excluding hydrogens is 154 g/mol. The maximum Gasteiger partial charge on any atom is 0.225 e. The third kappa shape index (κ3) is 1.78. The second-order valence-corrected chi connectivity index (χ2v) is 3.69. The first-order chi connectivity index (χ1) is 5.66. The Morgan fingerprint density at radius 1 is 1.50 bits per heavy atom. The van der Waals surface area contributed by atoms with E-state index in [-0.39, 0.29) is 18.4 Å². The maximum atomic E-state index is 11.5. The minimum absolute atomic E-state index is 0.187. The molecule has 12 heavy (non-hydrogen) atoms. The Morgan fingerprint density at radius 3 is 2.50 bits per heavy atom. The van der Waals surface area contributed by atoms with Crippen LogP contribution in [0.2, 0.25) is 0 Å². The SMILES string of the molecule is CN(C)C(=O)C1CCC1CCO. The fraction of sp³-hybridized carbons (Fsp3) is 0.889. The zero-order chi connectivity index (χ0) is 9.14. The molecule has 1 fully saturated rings. The molecule has 0 aromatic rings. The van der Waals surface area contributed by atoms with Crippen LogP contribution >= 0.6 is 0 Å². The van der Waals surface area contributed by atoms with Crippen LogP contribution in [0.1, 0.15) is 19.3 Å². The predicted octanol–water partition coefficient (Wildman–Crippen LogP) is 0.483. The first-order valence-corrected chi connectivity index (χ1v) is 4.49. The molecule has 3 heteroatoms. The molecule has 0 bridgehead atoms. The van der Waals surface area contributed by atoms with Crippen LogP contribution in [-0.4, -0.2) is 36.6 Å². The summed E-state index contributed by atoms with van der Waals surface area (Å²) in [4.78, 5) is 13.1. The summed E-state index contributed by atoms with van der Waals surface area (Å²) in [6, 6.07) is 0. The van der Waals surface area contributed by atoms with Crippen LogP contribution in [0, 0.1) is 11.8 Å². The van der Waals surface area contributed by atoms with E-state index in [2.05, 4.69) is 0 Å². The lowest BCUT2D eigenvalue weighted by molar-refractivity contribution is -0.138. The average molecular weight is 171 g/mol. The molecule has 0 spiro atoms. The van der Waals surface area contributed by atoms with E-state index in [0.717, 1.165) is 19.3 Å². The van der Waals surface area contributed by atoms with Crippen molar-refractivity contribution in [1.82, 2.24) is 4.90 Å². The van der Waals surface area contributed by atoms with Gasteiger partial charge in [0.2, 0.25) is 5.91 Å². The Kier molecular flexibility index (Phi) is 3.09. The van der Waals surface area contributed by atoms with Gasteiger partial charge < -0.3 is 10.0 Å². The summed E-state index contributed by atoms with van der Waals surface area (Å²) in [7, 11) is 3.58. The largest absolute Gasteiger partial charge is 0.396 e. The summed E-state index contributed by atoms with van der Waals surface area (Å²) in [6.07, 6.45) is 2.89. The number of amides is 1. The number of aliphatic hydroxyl groups is 1. The van der Waals surface area contributed by atoms with E-state index in [0.29, 0.717) is 5.92 Å². The van der Waals surface area contributed by atoms with Gasteiger partial charge in [0.15, 0.2) is 0 Å². The molecule has 2 unspecified atom stereocenters. The third-order valence-corrected chi connectivity index (χ3v) is 2.68. The zero-order valence-corrected chi connectivity index (χ0v) is 7.79. The second-order valence-electron chi connectivity index (χ2n) is 3.69. The van der Waals surface area contributed by atoms with Gasteiger partial charge in [0.1, 0.15) is 0 Å². The van der Waals surface area contributed by atoms with Crippen LogP contribution in [0.15, 0.2) is 0 Å². The molecule has 2 atom stereocenters. The lowest BCUT2D eigenvalue weighted by atomic mass is 9.71. The molecule has 1 N–H and O–H groups in total. The highest BCUT2D eigenvalue weighted by atomic mass is 16.3. The van der Waals surface area contributed by atoms with Crippen molar-refractivity contribution in [3.8, 4) is 0 Å². The van der Waals surface area contributed by atoms with Crippen LogP contribution in [0.4, 0.5) is 0 Å². The molecular formula is C9H17NO2. The lowest BCUT2D eigenvalue weighted by Gasteiger charge is -2.36. The van der Waals surface area contributed by atoms with Crippen molar-refractivity contribution >= 4 is 5.91 Å². The molecule has 0 radical (unpaired) electrons. The second kappa shape index (κ2) is 3.90. The number of carbonyl (C=O) groups excluding carboxylic acids is 1. The van der Waals surface area contributed by atoms with Crippen LogP contribution in [0.25, 0.3) is 0 Å². The minimum atomic E-state index is 0.187. The Bertz CT molecular complexity index is 168. The van der Waals surface area contributed by atoms with Gasteiger partial charge in [-0.2, -0.15) is 0 Å². The van der Waals surface area contributed by atoms with Gasteiger partial charge in [-0.25, -0.2) is 0 Å². The number of hydrogen-bond donors (Lipinski definition) is 1. The summed E-state index contributed by atoms with van der Waals surface area (Å²) in [5.41, 5.74) is 0. The summed E-state index contributed by atoms with van der Waals surface area (Å²) in [6.45, 7) is 0.210. The first kappa shape index (κ1) is 9.52. The topological polar surface area (TPSA) is 40.5 Å². The molecule has 1 aliphatic carbocycles. The van der Waals surface area contributed by atoms with Crippen LogP contribution in [0.5, 0.6) is 0 Å². The van der Waals surface area contributed by atoms with Crippen molar-refractivity contribution < 1.29 is 9.90 Å². The summed E-state index contributed by atoms with van der Waals surface area (Å²) < 4.78 is 0. The molecule has 0 aromatic heterocycles. The summed E-state index contributed by atoms with van der Waals surface area (Å²) in [5.74, 6) is 0.844. The molecule has 0 aromatic carbocycles. The van der Waals surface area contributed by atoms with E-state index >= 15 is 0 Å². The van der Waals surface area contributed by atoms with Gasteiger partial charge in [-0.05, 0) is 25.2 Å². The number of nitrogens with zero attached hydrogens (tertiary/aromatic N) is 1. The Balaban J connectivity index is 2.38. The molecule has 0 heterocycles. The molecule has 0 aliphatic heterocycles. The van der Waals surface area contributed by atoms with Crippen LogP contribution in [-0.2, 0) is 4.79 Å². The van der Waals surface area contributed by atoms with Gasteiger partial charge in [-0.3, -0.25) is 4.79 Å². The van der Waals surface area contributed by atoms with Crippen molar-refractivity contribution in [3.05, 3.63) is 0 Å². The number of hydrogen-bond acceptors (Lipinski definition) is 2. The highest BCUT2D eigenvalue weighted by Gasteiger charge is 2.36. The van der Waals surface area contributed by atoms with E-state index in [9.17, 15) is 4.79 Å². The highest BCUT2D eigenvalue weighted by Crippen LogP contribution is 2.37. The van der Waals surface area contributed by atoms with Gasteiger partial charge in [-0.15, -0.1) is 0 Å². The normalized spacial score (nSPS) is 27.9. The van der Waals surface area contributed by atoms with E-state index in [1.54, 1.807) is 19.0 Å². The van der Waals surface area contributed by atoms with E-state index in [1.165, 1.54) is 0 Å². The van der Waals surface area contributed by atoms with Gasteiger partial charge in [0.05, 0.1) is 0 Å². The molecule has 3 nitrogen and oxygen atoms in total. The summed E-state index contributed by atoms with van der Waals surface area (Å²) in [5, 5.41) is 8.71. The van der Waals surface area contributed by atoms with Crippen molar-refractivity contribution in [2.24, 2.45) is 11.8 Å².